The molecule has 1 aromatic carbocycles. The van der Waals surface area contributed by atoms with E-state index in [1.807, 2.05) is 36.4 Å². The van der Waals surface area contributed by atoms with Gasteiger partial charge in [-0.15, -0.1) is 0 Å². The molecule has 3 aliphatic rings. The lowest BCUT2D eigenvalue weighted by molar-refractivity contribution is -0.142. The van der Waals surface area contributed by atoms with Crippen LogP contribution in [0.25, 0.3) is 5.57 Å². The third-order valence-corrected chi connectivity index (χ3v) is 8.28. The fourth-order valence-corrected chi connectivity index (χ4v) is 6.46. The summed E-state index contributed by atoms with van der Waals surface area (Å²) in [7, 11) is 4.74. The molecule has 1 fully saturated rings. The monoisotopic (exact) mass is 545 g/mol. The lowest BCUT2D eigenvalue weighted by Gasteiger charge is -2.46. The summed E-state index contributed by atoms with van der Waals surface area (Å²) >= 11 is 3.40. The molecule has 1 aromatic rings. The molecule has 3 aliphatic carbocycles. The number of ketones is 1. The Hall–Kier alpha value is -2.58. The SMILES string of the molecule is COC1=CC(C[C@H](NC2=C(Br)C(=O)C23CCCCC3)C(=O)O)(OC)CC(OC)=C1c1ccccc1. The smallest absolute Gasteiger partial charge is 0.326 e. The number of carbonyl (C=O) groups is 2. The van der Waals surface area contributed by atoms with Crippen molar-refractivity contribution < 1.29 is 28.9 Å². The van der Waals surface area contributed by atoms with E-state index in [-0.39, 0.29) is 12.2 Å². The van der Waals surface area contributed by atoms with Gasteiger partial charge in [-0.2, -0.15) is 0 Å². The van der Waals surface area contributed by atoms with Crippen molar-refractivity contribution >= 4 is 33.3 Å². The number of nitrogens with one attached hydrogen (secondary N) is 1. The van der Waals surface area contributed by atoms with E-state index in [9.17, 15) is 14.7 Å². The Morgan fingerprint density at radius 3 is 2.37 bits per heavy atom. The maximum Gasteiger partial charge on any atom is 0.326 e. The summed E-state index contributed by atoms with van der Waals surface area (Å²) in [5.41, 5.74) is 0.894. The van der Waals surface area contributed by atoms with E-state index < -0.39 is 23.0 Å². The molecule has 7 nitrogen and oxygen atoms in total. The Bertz CT molecular complexity index is 1090. The number of halogens is 1. The molecule has 0 saturated heterocycles. The van der Waals surface area contributed by atoms with Crippen molar-refractivity contribution in [3.05, 3.63) is 63.7 Å². The number of benzene rings is 1. The third-order valence-electron chi connectivity index (χ3n) is 7.52. The van der Waals surface area contributed by atoms with E-state index in [1.54, 1.807) is 21.3 Å². The molecule has 1 spiro atoms. The van der Waals surface area contributed by atoms with Gasteiger partial charge in [0.25, 0.3) is 0 Å². The van der Waals surface area contributed by atoms with E-state index in [4.69, 9.17) is 14.2 Å². The summed E-state index contributed by atoms with van der Waals surface area (Å²) in [5, 5.41) is 13.4. The second-order valence-electron chi connectivity index (χ2n) is 9.43. The number of ether oxygens (including phenoxy) is 3. The average molecular weight is 546 g/mol. The van der Waals surface area contributed by atoms with Crippen LogP contribution in [0, 0.1) is 5.41 Å². The molecule has 0 aliphatic heterocycles. The van der Waals surface area contributed by atoms with Crippen LogP contribution in [0.4, 0.5) is 0 Å². The fourth-order valence-electron chi connectivity index (χ4n) is 5.59. The molecule has 1 unspecified atom stereocenters. The van der Waals surface area contributed by atoms with Gasteiger partial charge in [0.05, 0.1) is 35.3 Å². The van der Waals surface area contributed by atoms with Gasteiger partial charge in [0.1, 0.15) is 17.6 Å². The molecule has 0 heterocycles. The van der Waals surface area contributed by atoms with Gasteiger partial charge in [-0.1, -0.05) is 49.6 Å². The molecule has 188 valence electrons. The Labute approximate surface area is 214 Å². The van der Waals surface area contributed by atoms with Gasteiger partial charge in [0, 0.05) is 25.6 Å². The van der Waals surface area contributed by atoms with Crippen LogP contribution in [0.15, 0.2) is 58.1 Å². The highest BCUT2D eigenvalue weighted by atomic mass is 79.9. The molecule has 0 radical (unpaired) electrons. The highest BCUT2D eigenvalue weighted by molar-refractivity contribution is 9.12. The number of Topliss-reactive ketones (excluding diaryl/α,β-unsaturated/α-hetero) is 1. The molecule has 4 rings (SSSR count). The maximum absolute atomic E-state index is 12.8. The van der Waals surface area contributed by atoms with Gasteiger partial charge in [-0.25, -0.2) is 4.79 Å². The van der Waals surface area contributed by atoms with Crippen molar-refractivity contribution in [3.63, 3.8) is 0 Å². The number of hydrogen-bond donors (Lipinski definition) is 2. The molecule has 0 bridgehead atoms. The minimum Gasteiger partial charge on any atom is -0.500 e. The first-order valence-corrected chi connectivity index (χ1v) is 12.7. The highest BCUT2D eigenvalue weighted by Gasteiger charge is 2.54. The molecule has 0 amide bonds. The van der Waals surface area contributed by atoms with Crippen molar-refractivity contribution in [2.75, 3.05) is 21.3 Å². The first kappa shape index (κ1) is 25.5. The van der Waals surface area contributed by atoms with E-state index in [2.05, 4.69) is 21.2 Å². The van der Waals surface area contributed by atoms with Gasteiger partial charge in [-0.3, -0.25) is 4.79 Å². The lowest BCUT2D eigenvalue weighted by atomic mass is 9.62. The standard InChI is InChI=1S/C27H32BrNO6/c1-33-19-15-26(35-3,16-20(34-2)21(19)17-10-6-4-7-11-17)14-18(25(31)32)29-23-22(28)24(30)27(23)12-8-5-9-13-27/h4,6-7,10-11,15,18,29H,5,8-9,12-14,16H2,1-3H3,(H,31,32)/t18-,26?/m0/s1. The summed E-state index contributed by atoms with van der Waals surface area (Å²) in [6.45, 7) is 0. The number of carboxylic acids is 1. The Morgan fingerprint density at radius 1 is 1.11 bits per heavy atom. The normalized spacial score (nSPS) is 24.6. The summed E-state index contributed by atoms with van der Waals surface area (Å²) in [6.07, 6.45) is 6.81. The zero-order valence-electron chi connectivity index (χ0n) is 20.4. The number of hydrogen-bond acceptors (Lipinski definition) is 6. The van der Waals surface area contributed by atoms with E-state index in [1.165, 1.54) is 0 Å². The van der Waals surface area contributed by atoms with Crippen LogP contribution >= 0.6 is 15.9 Å². The zero-order valence-corrected chi connectivity index (χ0v) is 21.9. The Morgan fingerprint density at radius 2 is 1.80 bits per heavy atom. The molecular weight excluding hydrogens is 514 g/mol. The number of allylic oxidation sites excluding steroid dienone is 3. The van der Waals surface area contributed by atoms with Gasteiger partial charge in [0.15, 0.2) is 5.78 Å². The third kappa shape index (κ3) is 4.54. The van der Waals surface area contributed by atoms with Crippen LogP contribution in [0.5, 0.6) is 0 Å². The second-order valence-corrected chi connectivity index (χ2v) is 10.2. The van der Waals surface area contributed by atoms with Crippen molar-refractivity contribution in [2.24, 2.45) is 5.41 Å². The van der Waals surface area contributed by atoms with Crippen molar-refractivity contribution in [3.8, 4) is 0 Å². The molecule has 2 N–H and O–H groups in total. The van der Waals surface area contributed by atoms with E-state index in [0.29, 0.717) is 28.1 Å². The summed E-state index contributed by atoms with van der Waals surface area (Å²) in [4.78, 5) is 25.2. The predicted octanol–water partition coefficient (Wildman–Crippen LogP) is 4.94. The first-order valence-electron chi connectivity index (χ1n) is 11.9. The topological polar surface area (TPSA) is 94.1 Å². The lowest BCUT2D eigenvalue weighted by Crippen LogP contribution is -2.54. The van der Waals surface area contributed by atoms with Crippen molar-refractivity contribution in [1.29, 1.82) is 0 Å². The predicted molar refractivity (Wildman–Crippen MR) is 135 cm³/mol. The summed E-state index contributed by atoms with van der Waals surface area (Å²) < 4.78 is 17.9. The zero-order chi connectivity index (χ0) is 25.2. The molecule has 8 heteroatoms. The second kappa shape index (κ2) is 10.2. The van der Waals surface area contributed by atoms with Crippen LogP contribution < -0.4 is 5.32 Å². The van der Waals surface area contributed by atoms with Gasteiger partial charge in [0.2, 0.25) is 0 Å². The van der Waals surface area contributed by atoms with Crippen molar-refractivity contribution in [2.45, 2.75) is 56.6 Å². The van der Waals surface area contributed by atoms with Crippen molar-refractivity contribution in [1.82, 2.24) is 5.32 Å². The van der Waals surface area contributed by atoms with Crippen LogP contribution in [-0.2, 0) is 23.8 Å². The van der Waals surface area contributed by atoms with E-state index >= 15 is 0 Å². The first-order chi connectivity index (χ1) is 16.8. The van der Waals surface area contributed by atoms with Gasteiger partial charge >= 0.3 is 5.97 Å². The number of carbonyl (C=O) groups excluding carboxylic acids is 1. The number of rotatable bonds is 9. The minimum atomic E-state index is -1.01. The quantitative estimate of drug-likeness (QED) is 0.454. The van der Waals surface area contributed by atoms with Gasteiger partial charge < -0.3 is 24.6 Å². The Kier molecular flexibility index (Phi) is 7.43. The number of methoxy groups -OCH3 is 3. The Balaban J connectivity index is 1.65. The van der Waals surface area contributed by atoms with Crippen LogP contribution in [0.3, 0.4) is 0 Å². The average Bonchev–Trinajstić information content (AvgIpc) is 2.90. The molecule has 1 saturated carbocycles. The molecule has 2 atom stereocenters. The number of carboxylic acid groups (broad SMARTS) is 1. The van der Waals surface area contributed by atoms with Crippen LogP contribution in [-0.4, -0.2) is 49.8 Å². The van der Waals surface area contributed by atoms with Crippen LogP contribution in [0.2, 0.25) is 0 Å². The minimum absolute atomic E-state index is 0.0710. The molecule has 35 heavy (non-hydrogen) atoms. The molecular formula is C27H32BrNO6. The fraction of sp³-hybridized carbons (Fsp3) is 0.481. The highest BCUT2D eigenvalue weighted by Crippen LogP contribution is 2.53. The van der Waals surface area contributed by atoms with Crippen LogP contribution in [0.1, 0.15) is 50.5 Å². The maximum atomic E-state index is 12.8. The summed E-state index contributed by atoms with van der Waals surface area (Å²) in [5.74, 6) is 0.281. The van der Waals surface area contributed by atoms with Gasteiger partial charge in [-0.05, 0) is 40.4 Å². The van der Waals surface area contributed by atoms with E-state index in [0.717, 1.165) is 43.2 Å². The molecule has 0 aromatic heterocycles. The number of aliphatic carboxylic acids is 1. The summed E-state index contributed by atoms with van der Waals surface area (Å²) in [6, 6.07) is 8.80. The largest absolute Gasteiger partial charge is 0.500 e.